The molecular weight excluding hydrogens is 394 g/mol. The van der Waals surface area contributed by atoms with Crippen LogP contribution in [0.4, 0.5) is 0 Å². The van der Waals surface area contributed by atoms with E-state index < -0.39 is 5.97 Å². The Labute approximate surface area is 180 Å². The van der Waals surface area contributed by atoms with Crippen molar-refractivity contribution in [3.63, 3.8) is 0 Å². The lowest BCUT2D eigenvalue weighted by atomic mass is 10.1. The summed E-state index contributed by atoms with van der Waals surface area (Å²) in [4.78, 5) is 11.2. The van der Waals surface area contributed by atoms with Crippen LogP contribution < -0.4 is 14.2 Å². The number of rotatable bonds is 8. The van der Waals surface area contributed by atoms with Gasteiger partial charge in [-0.25, -0.2) is 0 Å². The number of benzene rings is 3. The average molecular weight is 417 g/mol. The quantitative estimate of drug-likeness (QED) is 0.431. The Hall–Kier alpha value is -3.93. The van der Waals surface area contributed by atoms with Crippen LogP contribution in [0, 0.1) is 0 Å². The lowest BCUT2D eigenvalue weighted by molar-refractivity contribution is -0.136. The molecule has 1 N–H and O–H groups in total. The number of hydrogen-bond acceptors (Lipinski definition) is 4. The van der Waals surface area contributed by atoms with Gasteiger partial charge in [-0.1, -0.05) is 36.4 Å². The van der Waals surface area contributed by atoms with E-state index in [9.17, 15) is 9.90 Å². The van der Waals surface area contributed by atoms with E-state index in [4.69, 9.17) is 14.2 Å². The third kappa shape index (κ3) is 4.33. The minimum Gasteiger partial charge on any atom is -0.493 e. The van der Waals surface area contributed by atoms with Crippen LogP contribution in [0.5, 0.6) is 23.0 Å². The summed E-state index contributed by atoms with van der Waals surface area (Å²) in [7, 11) is 3.16. The van der Waals surface area contributed by atoms with Crippen molar-refractivity contribution in [3.05, 3.63) is 84.1 Å². The number of nitrogens with zero attached hydrogens (tertiary/aromatic N) is 1. The van der Waals surface area contributed by atoms with E-state index >= 15 is 0 Å². The maximum absolute atomic E-state index is 11.2. The first kappa shape index (κ1) is 20.3. The Kier molecular flexibility index (Phi) is 5.80. The lowest BCUT2D eigenvalue weighted by Gasteiger charge is -2.13. The van der Waals surface area contributed by atoms with Crippen LogP contribution >= 0.6 is 0 Å². The maximum atomic E-state index is 11.2. The highest BCUT2D eigenvalue weighted by Gasteiger charge is 2.13. The second-order valence-electron chi connectivity index (χ2n) is 7.11. The van der Waals surface area contributed by atoms with Gasteiger partial charge in [-0.2, -0.15) is 0 Å². The molecule has 6 nitrogen and oxygen atoms in total. The molecule has 158 valence electrons. The third-order valence-corrected chi connectivity index (χ3v) is 5.08. The van der Waals surface area contributed by atoms with E-state index in [1.807, 2.05) is 72.9 Å². The Morgan fingerprint density at radius 2 is 1.65 bits per heavy atom. The van der Waals surface area contributed by atoms with Gasteiger partial charge in [0, 0.05) is 23.6 Å². The van der Waals surface area contributed by atoms with Crippen LogP contribution in [0.3, 0.4) is 0 Å². The van der Waals surface area contributed by atoms with Crippen molar-refractivity contribution in [1.29, 1.82) is 0 Å². The van der Waals surface area contributed by atoms with Crippen molar-refractivity contribution in [1.82, 2.24) is 4.57 Å². The summed E-state index contributed by atoms with van der Waals surface area (Å²) in [5.74, 6) is 1.56. The molecule has 6 heteroatoms. The first-order valence-electron chi connectivity index (χ1n) is 9.85. The molecule has 0 saturated carbocycles. The van der Waals surface area contributed by atoms with Gasteiger partial charge in [-0.15, -0.1) is 0 Å². The van der Waals surface area contributed by atoms with Crippen molar-refractivity contribution in [3.8, 4) is 23.0 Å². The number of carbonyl (C=O) groups is 1. The standard InChI is InChI=1S/C25H23NO5/c1-29-22-8-5-9-23(25(22)30-2)31-19-12-10-17(11-13-19)15-26-16-18(14-24(27)28)20-6-3-4-7-21(20)26/h3-13,16H,14-15H2,1-2H3,(H,27,28). The van der Waals surface area contributed by atoms with Crippen molar-refractivity contribution < 1.29 is 24.1 Å². The molecule has 0 radical (unpaired) electrons. The number of fused-ring (bicyclic) bond motifs is 1. The van der Waals surface area contributed by atoms with Gasteiger partial charge in [0.25, 0.3) is 0 Å². The Balaban J connectivity index is 1.56. The fourth-order valence-corrected chi connectivity index (χ4v) is 3.68. The van der Waals surface area contributed by atoms with Gasteiger partial charge >= 0.3 is 5.97 Å². The molecule has 1 aromatic heterocycles. The predicted octanol–water partition coefficient (Wildman–Crippen LogP) is 5.13. The summed E-state index contributed by atoms with van der Waals surface area (Å²) in [5.41, 5.74) is 2.90. The van der Waals surface area contributed by atoms with Gasteiger partial charge in [-0.3, -0.25) is 4.79 Å². The van der Waals surface area contributed by atoms with E-state index in [0.717, 1.165) is 22.0 Å². The van der Waals surface area contributed by atoms with Gasteiger partial charge in [0.05, 0.1) is 20.6 Å². The highest BCUT2D eigenvalue weighted by atomic mass is 16.5. The number of para-hydroxylation sites is 2. The molecule has 4 aromatic rings. The minimum absolute atomic E-state index is 0.00264. The SMILES string of the molecule is COc1cccc(Oc2ccc(Cn3cc(CC(=O)O)c4ccccc43)cc2)c1OC. The molecule has 0 aliphatic heterocycles. The maximum Gasteiger partial charge on any atom is 0.307 e. The number of hydrogen-bond donors (Lipinski definition) is 1. The topological polar surface area (TPSA) is 69.9 Å². The monoisotopic (exact) mass is 417 g/mol. The smallest absolute Gasteiger partial charge is 0.307 e. The molecular formula is C25H23NO5. The summed E-state index contributed by atoms with van der Waals surface area (Å²) < 4.78 is 18.8. The normalized spacial score (nSPS) is 10.8. The van der Waals surface area contributed by atoms with Crippen molar-refractivity contribution in [2.75, 3.05) is 14.2 Å². The van der Waals surface area contributed by atoms with Crippen molar-refractivity contribution >= 4 is 16.9 Å². The number of aliphatic carboxylic acids is 1. The Morgan fingerprint density at radius 3 is 2.35 bits per heavy atom. The fourth-order valence-electron chi connectivity index (χ4n) is 3.68. The molecule has 31 heavy (non-hydrogen) atoms. The van der Waals surface area contributed by atoms with E-state index in [-0.39, 0.29) is 6.42 Å². The zero-order chi connectivity index (χ0) is 21.8. The molecule has 0 unspecified atom stereocenters. The van der Waals surface area contributed by atoms with Gasteiger partial charge in [0.15, 0.2) is 11.5 Å². The molecule has 4 rings (SSSR count). The van der Waals surface area contributed by atoms with Gasteiger partial charge in [-0.05, 0) is 41.5 Å². The molecule has 0 spiro atoms. The van der Waals surface area contributed by atoms with Gasteiger partial charge in [0.2, 0.25) is 5.75 Å². The number of carboxylic acids is 1. The van der Waals surface area contributed by atoms with Gasteiger partial charge < -0.3 is 23.9 Å². The summed E-state index contributed by atoms with van der Waals surface area (Å²) in [6.45, 7) is 0.628. The Morgan fingerprint density at radius 1 is 0.903 bits per heavy atom. The molecule has 0 atom stereocenters. The van der Waals surface area contributed by atoms with Crippen LogP contribution in [0.15, 0.2) is 72.9 Å². The lowest BCUT2D eigenvalue weighted by Crippen LogP contribution is -2.00. The van der Waals surface area contributed by atoms with E-state index in [0.29, 0.717) is 29.5 Å². The van der Waals surface area contributed by atoms with E-state index in [2.05, 4.69) is 4.57 Å². The molecule has 1 heterocycles. The zero-order valence-electron chi connectivity index (χ0n) is 17.4. The van der Waals surface area contributed by atoms with Crippen LogP contribution in [0.2, 0.25) is 0 Å². The number of aromatic nitrogens is 1. The number of methoxy groups -OCH3 is 2. The van der Waals surface area contributed by atoms with E-state index in [1.165, 1.54) is 0 Å². The first-order valence-corrected chi connectivity index (χ1v) is 9.85. The summed E-state index contributed by atoms with van der Waals surface area (Å²) in [6.07, 6.45) is 1.92. The molecule has 3 aromatic carbocycles. The average Bonchev–Trinajstić information content (AvgIpc) is 3.11. The highest BCUT2D eigenvalue weighted by Crippen LogP contribution is 2.39. The number of ether oxygens (including phenoxy) is 3. The second-order valence-corrected chi connectivity index (χ2v) is 7.11. The zero-order valence-corrected chi connectivity index (χ0v) is 17.4. The fraction of sp³-hybridized carbons (Fsp3) is 0.160. The van der Waals surface area contributed by atoms with Crippen LogP contribution in [-0.4, -0.2) is 29.9 Å². The molecule has 0 fully saturated rings. The summed E-state index contributed by atoms with van der Waals surface area (Å²) in [6, 6.07) is 21.1. The highest BCUT2D eigenvalue weighted by molar-refractivity contribution is 5.87. The van der Waals surface area contributed by atoms with Crippen LogP contribution in [0.1, 0.15) is 11.1 Å². The molecule has 0 aliphatic rings. The second kappa shape index (κ2) is 8.83. The predicted molar refractivity (Wildman–Crippen MR) is 118 cm³/mol. The largest absolute Gasteiger partial charge is 0.493 e. The molecule has 0 bridgehead atoms. The van der Waals surface area contributed by atoms with Crippen LogP contribution in [0.25, 0.3) is 10.9 Å². The summed E-state index contributed by atoms with van der Waals surface area (Å²) in [5, 5.41) is 10.2. The molecule has 0 amide bonds. The molecule has 0 saturated heterocycles. The summed E-state index contributed by atoms with van der Waals surface area (Å²) >= 11 is 0. The number of carboxylic acid groups (broad SMARTS) is 1. The van der Waals surface area contributed by atoms with Crippen molar-refractivity contribution in [2.45, 2.75) is 13.0 Å². The third-order valence-electron chi connectivity index (χ3n) is 5.08. The minimum atomic E-state index is -0.836. The van der Waals surface area contributed by atoms with Gasteiger partial charge in [0.1, 0.15) is 5.75 Å². The molecule has 0 aliphatic carbocycles. The first-order chi connectivity index (χ1) is 15.1. The van der Waals surface area contributed by atoms with E-state index in [1.54, 1.807) is 14.2 Å². The van der Waals surface area contributed by atoms with Crippen molar-refractivity contribution in [2.24, 2.45) is 0 Å². The van der Waals surface area contributed by atoms with Crippen LogP contribution in [-0.2, 0) is 17.8 Å². The Bertz CT molecular complexity index is 1210.